The number of carbonyl (C=O) groups is 1. The third-order valence-corrected chi connectivity index (χ3v) is 3.68. The summed E-state index contributed by atoms with van der Waals surface area (Å²) in [6, 6.07) is 9.19. The minimum absolute atomic E-state index is 0.0878. The molecule has 18 heavy (non-hydrogen) atoms. The Morgan fingerprint density at radius 1 is 1.44 bits per heavy atom. The lowest BCUT2D eigenvalue weighted by molar-refractivity contribution is -0.144. The van der Waals surface area contributed by atoms with Crippen LogP contribution in [0.2, 0.25) is 0 Å². The van der Waals surface area contributed by atoms with Crippen molar-refractivity contribution in [3.8, 4) is 12.3 Å². The van der Waals surface area contributed by atoms with Crippen LogP contribution in [0.3, 0.4) is 0 Å². The summed E-state index contributed by atoms with van der Waals surface area (Å²) < 4.78 is 14.2. The van der Waals surface area contributed by atoms with Gasteiger partial charge in [0.2, 0.25) is 0 Å². The van der Waals surface area contributed by atoms with E-state index in [0.717, 1.165) is 5.56 Å². The molecule has 1 aliphatic rings. The Kier molecular flexibility index (Phi) is 3.38. The van der Waals surface area contributed by atoms with Crippen LogP contribution in [-0.2, 0) is 4.79 Å². The molecule has 1 aromatic rings. The maximum Gasteiger partial charge on any atom is 0.307 e. The van der Waals surface area contributed by atoms with Crippen LogP contribution < -0.4 is 0 Å². The fraction of sp³-hybridized carbons (Fsp3) is 0.400. The van der Waals surface area contributed by atoms with Crippen molar-refractivity contribution in [2.75, 3.05) is 0 Å². The van der Waals surface area contributed by atoms with Gasteiger partial charge in [-0.15, -0.1) is 6.42 Å². The van der Waals surface area contributed by atoms with Crippen LogP contribution in [0.25, 0.3) is 0 Å². The highest BCUT2D eigenvalue weighted by atomic mass is 19.1. The summed E-state index contributed by atoms with van der Waals surface area (Å²) in [6.45, 7) is 0. The van der Waals surface area contributed by atoms with Crippen molar-refractivity contribution >= 4 is 5.97 Å². The average Bonchev–Trinajstić information content (AvgIpc) is 2.39. The molecular formula is C15H15FO2. The molecule has 0 aliphatic heterocycles. The van der Waals surface area contributed by atoms with Gasteiger partial charge in [-0.1, -0.05) is 36.3 Å². The quantitative estimate of drug-likeness (QED) is 0.814. The molecule has 1 fully saturated rings. The van der Waals surface area contributed by atoms with E-state index in [4.69, 9.17) is 6.42 Å². The van der Waals surface area contributed by atoms with Crippen LogP contribution in [0, 0.1) is 18.3 Å². The lowest BCUT2D eigenvalue weighted by Gasteiger charge is -2.35. The Morgan fingerprint density at radius 2 is 2.11 bits per heavy atom. The molecule has 1 aliphatic carbocycles. The summed E-state index contributed by atoms with van der Waals surface area (Å²) in [4.78, 5) is 11.3. The molecule has 2 rings (SSSR count). The van der Waals surface area contributed by atoms with Crippen molar-refractivity contribution in [3.63, 3.8) is 0 Å². The van der Waals surface area contributed by atoms with Gasteiger partial charge in [0.15, 0.2) is 5.67 Å². The van der Waals surface area contributed by atoms with Crippen LogP contribution in [0.1, 0.15) is 30.7 Å². The van der Waals surface area contributed by atoms with E-state index >= 15 is 0 Å². The fourth-order valence-corrected chi connectivity index (χ4v) is 2.66. The van der Waals surface area contributed by atoms with Gasteiger partial charge < -0.3 is 5.11 Å². The van der Waals surface area contributed by atoms with Crippen LogP contribution >= 0.6 is 0 Å². The molecule has 0 saturated heterocycles. The largest absolute Gasteiger partial charge is 0.481 e. The topological polar surface area (TPSA) is 37.3 Å². The third kappa shape index (κ3) is 2.38. The average molecular weight is 246 g/mol. The lowest BCUT2D eigenvalue weighted by atomic mass is 9.70. The van der Waals surface area contributed by atoms with Gasteiger partial charge in [-0.2, -0.15) is 0 Å². The van der Waals surface area contributed by atoms with Gasteiger partial charge in [0.05, 0.1) is 5.92 Å². The lowest BCUT2D eigenvalue weighted by Crippen LogP contribution is -2.36. The Morgan fingerprint density at radius 3 is 2.67 bits per heavy atom. The van der Waals surface area contributed by atoms with E-state index < -0.39 is 17.6 Å². The van der Waals surface area contributed by atoms with E-state index in [2.05, 4.69) is 5.92 Å². The molecular weight excluding hydrogens is 231 g/mol. The number of carboxylic acids is 1. The van der Waals surface area contributed by atoms with Crippen molar-refractivity contribution in [2.45, 2.75) is 30.8 Å². The molecule has 0 bridgehead atoms. The molecule has 0 heterocycles. The number of carboxylic acid groups (broad SMARTS) is 1. The zero-order chi connectivity index (χ0) is 13.2. The molecule has 3 atom stereocenters. The molecule has 94 valence electrons. The number of halogens is 1. The number of alkyl halides is 1. The Labute approximate surface area is 106 Å². The molecule has 3 heteroatoms. The molecule has 0 spiro atoms. The second-order valence-corrected chi connectivity index (χ2v) is 4.81. The summed E-state index contributed by atoms with van der Waals surface area (Å²) in [7, 11) is 0. The zero-order valence-electron chi connectivity index (χ0n) is 9.97. The third-order valence-electron chi connectivity index (χ3n) is 3.68. The minimum atomic E-state index is -1.67. The predicted octanol–water partition coefficient (Wildman–Crippen LogP) is 3.00. The second kappa shape index (κ2) is 4.81. The van der Waals surface area contributed by atoms with Crippen molar-refractivity contribution < 1.29 is 14.3 Å². The van der Waals surface area contributed by atoms with Gasteiger partial charge in [-0.05, 0) is 18.4 Å². The molecule has 1 aromatic carbocycles. The Hall–Kier alpha value is -1.82. The summed E-state index contributed by atoms with van der Waals surface area (Å²) in [5.74, 6) is 0.408. The van der Waals surface area contributed by atoms with Crippen LogP contribution in [0.5, 0.6) is 0 Å². The first kappa shape index (κ1) is 12.6. The SMILES string of the molecule is C#CC1(F)CC[C@@H](C(=O)O)[C@H](c2ccccc2)C1. The van der Waals surface area contributed by atoms with E-state index in [1.165, 1.54) is 0 Å². The summed E-state index contributed by atoms with van der Waals surface area (Å²) in [5.41, 5.74) is -0.825. The second-order valence-electron chi connectivity index (χ2n) is 4.81. The highest BCUT2D eigenvalue weighted by Gasteiger charge is 2.43. The number of hydrogen-bond donors (Lipinski definition) is 1. The first-order chi connectivity index (χ1) is 8.56. The van der Waals surface area contributed by atoms with Gasteiger partial charge in [0.1, 0.15) is 0 Å². The number of benzene rings is 1. The van der Waals surface area contributed by atoms with E-state index in [1.54, 1.807) is 0 Å². The zero-order valence-corrected chi connectivity index (χ0v) is 9.97. The fourth-order valence-electron chi connectivity index (χ4n) is 2.66. The van der Waals surface area contributed by atoms with Crippen LogP contribution in [0.15, 0.2) is 30.3 Å². The maximum atomic E-state index is 14.2. The van der Waals surface area contributed by atoms with Gasteiger partial charge in [-0.25, -0.2) is 4.39 Å². The molecule has 1 unspecified atom stereocenters. The normalized spacial score (nSPS) is 31.6. The monoisotopic (exact) mass is 246 g/mol. The summed E-state index contributed by atoms with van der Waals surface area (Å²) in [6.07, 6.45) is 5.73. The molecule has 0 radical (unpaired) electrons. The van der Waals surface area contributed by atoms with E-state index in [-0.39, 0.29) is 25.2 Å². The molecule has 2 nitrogen and oxygen atoms in total. The first-order valence-corrected chi connectivity index (χ1v) is 6.00. The van der Waals surface area contributed by atoms with Gasteiger partial charge in [0, 0.05) is 12.3 Å². The molecule has 1 N–H and O–H groups in total. The summed E-state index contributed by atoms with van der Waals surface area (Å²) in [5, 5.41) is 9.24. The van der Waals surface area contributed by atoms with Crippen molar-refractivity contribution in [3.05, 3.63) is 35.9 Å². The Balaban J connectivity index is 2.32. The van der Waals surface area contributed by atoms with Crippen LogP contribution in [0.4, 0.5) is 4.39 Å². The van der Waals surface area contributed by atoms with E-state index in [9.17, 15) is 14.3 Å². The van der Waals surface area contributed by atoms with E-state index in [0.29, 0.717) is 0 Å². The number of terminal acetylenes is 1. The minimum Gasteiger partial charge on any atom is -0.481 e. The van der Waals surface area contributed by atoms with Crippen molar-refractivity contribution in [2.24, 2.45) is 5.92 Å². The standard InChI is InChI=1S/C15H15FO2/c1-2-15(16)9-8-12(14(17)18)13(10-15)11-6-4-3-5-7-11/h1,3-7,12-13H,8-10H2,(H,17,18)/t12-,13+,15?/m1/s1. The number of aliphatic carboxylic acids is 1. The number of rotatable bonds is 2. The first-order valence-electron chi connectivity index (χ1n) is 6.00. The van der Waals surface area contributed by atoms with Crippen molar-refractivity contribution in [1.29, 1.82) is 0 Å². The maximum absolute atomic E-state index is 14.2. The highest BCUT2D eigenvalue weighted by Crippen LogP contribution is 2.44. The molecule has 1 saturated carbocycles. The molecule has 0 aromatic heterocycles. The smallest absolute Gasteiger partial charge is 0.307 e. The van der Waals surface area contributed by atoms with Crippen LogP contribution in [-0.4, -0.2) is 16.7 Å². The van der Waals surface area contributed by atoms with Gasteiger partial charge in [-0.3, -0.25) is 4.79 Å². The number of hydrogen-bond acceptors (Lipinski definition) is 1. The molecule has 0 amide bonds. The van der Waals surface area contributed by atoms with Crippen molar-refractivity contribution in [1.82, 2.24) is 0 Å². The summed E-state index contributed by atoms with van der Waals surface area (Å²) >= 11 is 0. The van der Waals surface area contributed by atoms with Gasteiger partial charge in [0.25, 0.3) is 0 Å². The predicted molar refractivity (Wildman–Crippen MR) is 66.8 cm³/mol. The highest BCUT2D eigenvalue weighted by molar-refractivity contribution is 5.71. The van der Waals surface area contributed by atoms with Gasteiger partial charge >= 0.3 is 5.97 Å². The van der Waals surface area contributed by atoms with E-state index in [1.807, 2.05) is 30.3 Å². The Bertz CT molecular complexity index is 477.